The molecule has 36 heavy (non-hydrogen) atoms. The van der Waals surface area contributed by atoms with E-state index in [2.05, 4.69) is 49.8 Å². The van der Waals surface area contributed by atoms with E-state index in [0.717, 1.165) is 70.8 Å². The molecule has 5 aromatic heterocycles. The van der Waals surface area contributed by atoms with Gasteiger partial charge in [0.15, 0.2) is 5.78 Å². The molecule has 0 atom stereocenters. The van der Waals surface area contributed by atoms with Crippen molar-refractivity contribution in [3.8, 4) is 11.3 Å². The van der Waals surface area contributed by atoms with Gasteiger partial charge < -0.3 is 14.8 Å². The molecule has 0 saturated carbocycles. The molecule has 1 N–H and O–H groups in total. The van der Waals surface area contributed by atoms with Crippen LogP contribution in [0.3, 0.4) is 0 Å². The number of Topliss-reactive ketones (excluding diaryl/α,β-unsaturated/α-hetero) is 1. The summed E-state index contributed by atoms with van der Waals surface area (Å²) in [5.41, 5.74) is 5.98. The maximum Gasteiger partial charge on any atom is 0.169 e. The molecule has 0 bridgehead atoms. The number of ketones is 1. The van der Waals surface area contributed by atoms with Gasteiger partial charge in [-0.15, -0.1) is 0 Å². The van der Waals surface area contributed by atoms with Crippen LogP contribution in [0.25, 0.3) is 33.2 Å². The second kappa shape index (κ2) is 9.13. The van der Waals surface area contributed by atoms with Crippen LogP contribution < -0.4 is 4.90 Å². The van der Waals surface area contributed by atoms with Crippen LogP contribution in [0, 0.1) is 6.92 Å². The van der Waals surface area contributed by atoms with Gasteiger partial charge >= 0.3 is 0 Å². The van der Waals surface area contributed by atoms with Gasteiger partial charge in [0.1, 0.15) is 11.5 Å². The number of aryl methyl sites for hydroxylation is 1. The number of aromatic amines is 1. The van der Waals surface area contributed by atoms with Crippen LogP contribution >= 0.6 is 0 Å². The zero-order valence-electron chi connectivity index (χ0n) is 20.4. The Hall–Kier alpha value is -4.17. The Morgan fingerprint density at radius 2 is 1.86 bits per heavy atom. The number of aromatic nitrogens is 5. The maximum atomic E-state index is 13.1. The van der Waals surface area contributed by atoms with Crippen LogP contribution in [0.15, 0.2) is 61.2 Å². The van der Waals surface area contributed by atoms with Gasteiger partial charge in [0.2, 0.25) is 0 Å². The SMILES string of the molecule is Cc1c[nH]c2ncc(-c3ccc4cnc(CC(=O)c5ccnc(N6CCN(C)CC6)c5)cc4n3)cc12. The highest BCUT2D eigenvalue weighted by atomic mass is 16.1. The van der Waals surface area contributed by atoms with Crippen molar-refractivity contribution in [3.63, 3.8) is 0 Å². The van der Waals surface area contributed by atoms with Crippen LogP contribution in [0.4, 0.5) is 5.82 Å². The van der Waals surface area contributed by atoms with Crippen LogP contribution in [-0.2, 0) is 6.42 Å². The number of carbonyl (C=O) groups excluding carboxylic acids is 1. The fourth-order valence-electron chi connectivity index (χ4n) is 4.66. The summed E-state index contributed by atoms with van der Waals surface area (Å²) in [5, 5.41) is 2.02. The van der Waals surface area contributed by atoms with Crippen LogP contribution in [-0.4, -0.2) is 68.8 Å². The number of pyridine rings is 4. The standard InChI is InChI=1S/C28H27N7O/c1-18-15-31-28-23(18)11-21(17-32-28)24-4-3-20-16-30-22(13-25(20)33-24)14-26(36)19-5-6-29-27(12-19)35-9-7-34(2)8-10-35/h3-6,11-13,15-17H,7-10,14H2,1-2H3,(H,31,32). The summed E-state index contributed by atoms with van der Waals surface area (Å²) < 4.78 is 0. The Morgan fingerprint density at radius 3 is 2.72 bits per heavy atom. The average molecular weight is 478 g/mol. The molecular formula is C28H27N7O. The third kappa shape index (κ3) is 4.31. The zero-order chi connectivity index (χ0) is 24.6. The predicted molar refractivity (Wildman–Crippen MR) is 141 cm³/mol. The third-order valence-corrected chi connectivity index (χ3v) is 6.90. The first-order chi connectivity index (χ1) is 17.5. The summed E-state index contributed by atoms with van der Waals surface area (Å²) in [5.74, 6) is 0.878. The number of nitrogens with zero attached hydrogens (tertiary/aromatic N) is 6. The fourth-order valence-corrected chi connectivity index (χ4v) is 4.66. The molecular weight excluding hydrogens is 450 g/mol. The molecule has 0 unspecified atom stereocenters. The van der Waals surface area contributed by atoms with E-state index in [-0.39, 0.29) is 12.2 Å². The highest BCUT2D eigenvalue weighted by Crippen LogP contribution is 2.25. The number of H-pyrrole nitrogens is 1. The van der Waals surface area contributed by atoms with Gasteiger partial charge in [-0.05, 0) is 55.9 Å². The summed E-state index contributed by atoms with van der Waals surface area (Å²) in [6, 6.07) is 11.7. The third-order valence-electron chi connectivity index (χ3n) is 6.90. The van der Waals surface area contributed by atoms with Gasteiger partial charge in [-0.2, -0.15) is 0 Å². The molecule has 0 radical (unpaired) electrons. The zero-order valence-corrected chi connectivity index (χ0v) is 20.4. The van der Waals surface area contributed by atoms with Gasteiger partial charge in [-0.25, -0.2) is 15.0 Å². The van der Waals surface area contributed by atoms with Crippen molar-refractivity contribution in [1.82, 2.24) is 29.8 Å². The first-order valence-electron chi connectivity index (χ1n) is 12.2. The Morgan fingerprint density at radius 1 is 1.00 bits per heavy atom. The van der Waals surface area contributed by atoms with E-state index in [1.54, 1.807) is 18.5 Å². The van der Waals surface area contributed by atoms with E-state index in [9.17, 15) is 4.79 Å². The molecule has 1 fully saturated rings. The molecule has 8 nitrogen and oxygen atoms in total. The molecule has 1 aliphatic heterocycles. The molecule has 6 rings (SSSR count). The summed E-state index contributed by atoms with van der Waals surface area (Å²) >= 11 is 0. The molecule has 0 amide bonds. The quantitative estimate of drug-likeness (QED) is 0.382. The summed E-state index contributed by atoms with van der Waals surface area (Å²) in [7, 11) is 2.12. The lowest BCUT2D eigenvalue weighted by atomic mass is 10.1. The van der Waals surface area contributed by atoms with Crippen LogP contribution in [0.1, 0.15) is 21.6 Å². The van der Waals surface area contributed by atoms with Crippen molar-refractivity contribution in [2.75, 3.05) is 38.1 Å². The number of anilines is 1. The number of hydrogen-bond donors (Lipinski definition) is 1. The van der Waals surface area contributed by atoms with E-state index in [1.807, 2.05) is 36.7 Å². The molecule has 8 heteroatoms. The van der Waals surface area contributed by atoms with Crippen molar-refractivity contribution in [3.05, 3.63) is 78.0 Å². The average Bonchev–Trinajstić information content (AvgIpc) is 3.28. The molecule has 1 saturated heterocycles. The van der Waals surface area contributed by atoms with E-state index in [0.29, 0.717) is 11.3 Å². The molecule has 0 spiro atoms. The van der Waals surface area contributed by atoms with Crippen LogP contribution in [0.5, 0.6) is 0 Å². The predicted octanol–water partition coefficient (Wildman–Crippen LogP) is 4.05. The number of rotatable bonds is 5. The lowest BCUT2D eigenvalue weighted by molar-refractivity contribution is 0.0992. The highest BCUT2D eigenvalue weighted by Gasteiger charge is 2.17. The maximum absolute atomic E-state index is 13.1. The smallest absolute Gasteiger partial charge is 0.169 e. The van der Waals surface area contributed by atoms with E-state index < -0.39 is 0 Å². The lowest BCUT2D eigenvalue weighted by Gasteiger charge is -2.33. The first-order valence-corrected chi connectivity index (χ1v) is 12.2. The molecule has 0 aliphatic carbocycles. The van der Waals surface area contributed by atoms with E-state index in [1.165, 1.54) is 0 Å². The minimum absolute atomic E-state index is 0.0216. The highest BCUT2D eigenvalue weighted by molar-refractivity contribution is 5.98. The van der Waals surface area contributed by atoms with E-state index in [4.69, 9.17) is 4.98 Å². The minimum atomic E-state index is 0.0216. The molecule has 5 aromatic rings. The lowest BCUT2D eigenvalue weighted by Crippen LogP contribution is -2.44. The monoisotopic (exact) mass is 477 g/mol. The van der Waals surface area contributed by atoms with E-state index >= 15 is 0 Å². The normalized spacial score (nSPS) is 14.6. The summed E-state index contributed by atoms with van der Waals surface area (Å²) in [4.78, 5) is 39.3. The van der Waals surface area contributed by atoms with Crippen LogP contribution in [0.2, 0.25) is 0 Å². The Kier molecular flexibility index (Phi) is 5.65. The summed E-state index contributed by atoms with van der Waals surface area (Å²) in [6.07, 6.45) is 7.51. The van der Waals surface area contributed by atoms with Gasteiger partial charge in [0.05, 0.1) is 23.3 Å². The number of likely N-dealkylation sites (N-methyl/N-ethyl adjacent to an activating group) is 1. The minimum Gasteiger partial charge on any atom is -0.354 e. The van der Waals surface area contributed by atoms with Crippen molar-refractivity contribution in [2.45, 2.75) is 13.3 Å². The van der Waals surface area contributed by atoms with Crippen molar-refractivity contribution in [1.29, 1.82) is 0 Å². The fraction of sp³-hybridized carbons (Fsp3) is 0.250. The van der Waals surface area contributed by atoms with Crippen molar-refractivity contribution >= 4 is 33.5 Å². The Bertz CT molecular complexity index is 1580. The second-order valence-electron chi connectivity index (χ2n) is 9.45. The Balaban J connectivity index is 1.24. The number of hydrogen-bond acceptors (Lipinski definition) is 7. The first kappa shape index (κ1) is 22.3. The van der Waals surface area contributed by atoms with Gasteiger partial charge in [0.25, 0.3) is 0 Å². The molecule has 6 heterocycles. The molecule has 180 valence electrons. The van der Waals surface area contributed by atoms with Crippen molar-refractivity contribution < 1.29 is 4.79 Å². The van der Waals surface area contributed by atoms with Gasteiger partial charge in [-0.1, -0.05) is 0 Å². The molecule has 0 aromatic carbocycles. The largest absolute Gasteiger partial charge is 0.354 e. The van der Waals surface area contributed by atoms with Gasteiger partial charge in [0, 0.05) is 72.9 Å². The number of piperazine rings is 1. The summed E-state index contributed by atoms with van der Waals surface area (Å²) in [6.45, 7) is 5.86. The number of fused-ring (bicyclic) bond motifs is 2. The van der Waals surface area contributed by atoms with Crippen molar-refractivity contribution in [2.24, 2.45) is 0 Å². The molecule has 1 aliphatic rings. The Labute approximate surface area is 209 Å². The van der Waals surface area contributed by atoms with Gasteiger partial charge in [-0.3, -0.25) is 9.78 Å². The number of nitrogens with one attached hydrogen (secondary N) is 1. The topological polar surface area (TPSA) is 90.9 Å². The number of carbonyl (C=O) groups is 1. The second-order valence-corrected chi connectivity index (χ2v) is 9.45.